The first-order valence-corrected chi connectivity index (χ1v) is 22.1. The Morgan fingerprint density at radius 2 is 1.21 bits per heavy atom. The van der Waals surface area contributed by atoms with Crippen molar-refractivity contribution in [1.29, 1.82) is 0 Å². The molecule has 2 fully saturated rings. The first-order chi connectivity index (χ1) is 29.8. The second-order valence-electron chi connectivity index (χ2n) is 15.2. The van der Waals surface area contributed by atoms with Crippen molar-refractivity contribution in [3.63, 3.8) is 0 Å². The number of methoxy groups -OCH3 is 2. The van der Waals surface area contributed by atoms with E-state index in [0.29, 0.717) is 29.5 Å². The Labute approximate surface area is 367 Å². The molecule has 2 aromatic carbocycles. The lowest BCUT2D eigenvalue weighted by molar-refractivity contribution is 0.0592. The minimum absolute atomic E-state index is 0.335. The number of H-pyrrole nitrogens is 1. The van der Waals surface area contributed by atoms with Gasteiger partial charge in [-0.15, -0.1) is 13.2 Å². The van der Waals surface area contributed by atoms with Crippen LogP contribution in [-0.2, 0) is 16.0 Å². The average Bonchev–Trinajstić information content (AvgIpc) is 3.87. The van der Waals surface area contributed by atoms with E-state index in [0.717, 1.165) is 74.1 Å². The number of carbonyl (C=O) groups excluding carboxylic acids is 2. The number of aromatic nitrogens is 6. The monoisotopic (exact) mass is 882 g/mol. The van der Waals surface area contributed by atoms with Gasteiger partial charge in [0.15, 0.2) is 0 Å². The molecule has 0 atom stereocenters. The minimum atomic E-state index is -0.338. The summed E-state index contributed by atoms with van der Waals surface area (Å²) in [5.41, 5.74) is 10.8. The van der Waals surface area contributed by atoms with Gasteiger partial charge in [-0.25, -0.2) is 9.59 Å². The molecule has 2 saturated carbocycles. The van der Waals surface area contributed by atoms with E-state index in [2.05, 4.69) is 72.8 Å². The van der Waals surface area contributed by atoms with Crippen molar-refractivity contribution < 1.29 is 19.1 Å². The number of benzene rings is 2. The fourth-order valence-corrected chi connectivity index (χ4v) is 8.84. The van der Waals surface area contributed by atoms with Crippen LogP contribution < -0.4 is 0 Å². The van der Waals surface area contributed by atoms with Crippen LogP contribution in [0.1, 0.15) is 119 Å². The number of hydrogen-bond donors (Lipinski definition) is 1. The van der Waals surface area contributed by atoms with Gasteiger partial charge in [-0.3, -0.25) is 19.9 Å². The van der Waals surface area contributed by atoms with Crippen LogP contribution in [0.4, 0.5) is 0 Å². The molecule has 10 nitrogen and oxygen atoms in total. The number of nitrogens with one attached hydrogen (secondary N) is 1. The van der Waals surface area contributed by atoms with Gasteiger partial charge in [-0.05, 0) is 85.1 Å². The summed E-state index contributed by atoms with van der Waals surface area (Å²) in [6.45, 7) is 15.8. The van der Waals surface area contributed by atoms with Gasteiger partial charge in [0.25, 0.3) is 0 Å². The van der Waals surface area contributed by atoms with E-state index < -0.39 is 0 Å². The Morgan fingerprint density at radius 1 is 0.705 bits per heavy atom. The van der Waals surface area contributed by atoms with Gasteiger partial charge in [0.2, 0.25) is 0 Å². The molecular weight excluding hydrogens is 828 g/mol. The highest BCUT2D eigenvalue weighted by atomic mass is 79.9. The predicted molar refractivity (Wildman–Crippen MR) is 251 cm³/mol. The molecule has 11 heteroatoms. The third-order valence-electron chi connectivity index (χ3n) is 11.5. The van der Waals surface area contributed by atoms with Crippen molar-refractivity contribution >= 4 is 61.8 Å². The lowest BCUT2D eigenvalue weighted by Gasteiger charge is -2.23. The maximum Gasteiger partial charge on any atom is 0.337 e. The zero-order valence-electron chi connectivity index (χ0n) is 35.3. The molecule has 2 aliphatic carbocycles. The van der Waals surface area contributed by atoms with Crippen LogP contribution in [0.5, 0.6) is 0 Å². The summed E-state index contributed by atoms with van der Waals surface area (Å²) in [6.07, 6.45) is 26.1. The Kier molecular flexibility index (Phi) is 15.8. The highest BCUT2D eigenvalue weighted by molar-refractivity contribution is 9.09. The average molecular weight is 884 g/mol. The number of nitrogens with zero attached hydrogens (tertiary/aromatic N) is 5. The van der Waals surface area contributed by atoms with Crippen molar-refractivity contribution in [2.45, 2.75) is 82.6 Å². The van der Waals surface area contributed by atoms with E-state index in [9.17, 15) is 9.59 Å². The van der Waals surface area contributed by atoms with Gasteiger partial charge < -0.3 is 19.0 Å². The topological polar surface area (TPSA) is 125 Å². The lowest BCUT2D eigenvalue weighted by Crippen LogP contribution is -2.08. The predicted octanol–water partition coefficient (Wildman–Crippen LogP) is 12.4. The number of rotatable bonds is 11. The minimum Gasteiger partial charge on any atom is -0.465 e. The molecule has 1 N–H and O–H groups in total. The van der Waals surface area contributed by atoms with Crippen LogP contribution in [0.3, 0.4) is 0 Å². The number of fused-ring (bicyclic) bond motifs is 2. The maximum atomic E-state index is 12.2. The van der Waals surface area contributed by atoms with E-state index in [4.69, 9.17) is 14.5 Å². The van der Waals surface area contributed by atoms with Crippen molar-refractivity contribution in [3.05, 3.63) is 133 Å². The van der Waals surface area contributed by atoms with E-state index in [1.165, 1.54) is 76.7 Å². The van der Waals surface area contributed by atoms with Crippen molar-refractivity contribution in [1.82, 2.24) is 29.5 Å². The molecule has 0 unspecified atom stereocenters. The first-order valence-electron chi connectivity index (χ1n) is 21.0. The standard InChI is InChI=1S/C25H27N3O2.C22H23N3O2.C3H5Br/c1-4-15-28-21-16-18(25(29)30-3)11-12-19(21)22(17-9-7-6-8-10-17)24(28)23-20(5-2)26-13-14-27-23;1-3-17-20(24-12-11-23-17)21-19(14-7-5-4-6-8-14)16-10-9-15(22(26)27-2)13-18(16)25-21;1-2-3-4/h4-5,11-14,16-17H,1-2,6-10,15H2,3H3;3,9-14,25H,1,4-8H2,2H3;2H,1,3H2. The van der Waals surface area contributed by atoms with Crippen molar-refractivity contribution in [3.8, 4) is 22.8 Å². The normalized spacial score (nSPS) is 14.2. The number of allylic oxidation sites excluding steroid dienone is 2. The molecule has 4 aromatic heterocycles. The zero-order chi connectivity index (χ0) is 43.3. The molecule has 0 spiro atoms. The molecule has 61 heavy (non-hydrogen) atoms. The third-order valence-corrected chi connectivity index (χ3v) is 12.0. The van der Waals surface area contributed by atoms with E-state index in [-0.39, 0.29) is 11.9 Å². The highest BCUT2D eigenvalue weighted by Crippen LogP contribution is 2.45. The Hall–Kier alpha value is -5.94. The number of carbonyl (C=O) groups is 2. The van der Waals surface area contributed by atoms with Gasteiger partial charge in [0, 0.05) is 58.5 Å². The summed E-state index contributed by atoms with van der Waals surface area (Å²) in [5, 5.41) is 3.20. The highest BCUT2D eigenvalue weighted by Gasteiger charge is 2.29. The molecule has 0 aliphatic heterocycles. The third kappa shape index (κ3) is 9.83. The largest absolute Gasteiger partial charge is 0.465 e. The number of esters is 2. The van der Waals surface area contributed by atoms with E-state index in [1.807, 2.05) is 36.4 Å². The van der Waals surface area contributed by atoms with Gasteiger partial charge in [-0.2, -0.15) is 0 Å². The van der Waals surface area contributed by atoms with Crippen LogP contribution in [0.2, 0.25) is 0 Å². The Morgan fingerprint density at radius 3 is 1.75 bits per heavy atom. The fraction of sp³-hybridized carbons (Fsp3) is 0.320. The molecule has 6 aromatic rings. The molecule has 0 bridgehead atoms. The number of ether oxygens (including phenoxy) is 2. The van der Waals surface area contributed by atoms with E-state index in [1.54, 1.807) is 43.0 Å². The zero-order valence-corrected chi connectivity index (χ0v) is 36.9. The Balaban J connectivity index is 0.000000189. The summed E-state index contributed by atoms with van der Waals surface area (Å²) in [7, 11) is 2.81. The molecular formula is C50H55BrN6O4. The summed E-state index contributed by atoms with van der Waals surface area (Å²) < 4.78 is 12.0. The smallest absolute Gasteiger partial charge is 0.337 e. The summed E-state index contributed by atoms with van der Waals surface area (Å²) in [4.78, 5) is 45.9. The van der Waals surface area contributed by atoms with Gasteiger partial charge in [0.05, 0.1) is 48.1 Å². The summed E-state index contributed by atoms with van der Waals surface area (Å²) in [6, 6.07) is 11.6. The van der Waals surface area contributed by atoms with Crippen LogP contribution in [0.15, 0.2) is 99.7 Å². The maximum absolute atomic E-state index is 12.2. The van der Waals surface area contributed by atoms with Gasteiger partial charge in [-0.1, -0.05) is 91.9 Å². The number of halogens is 1. The quantitative estimate of drug-likeness (QED) is 0.0775. The van der Waals surface area contributed by atoms with Crippen molar-refractivity contribution in [2.24, 2.45) is 0 Å². The first kappa shape index (κ1) is 44.6. The van der Waals surface area contributed by atoms with Gasteiger partial charge in [0.1, 0.15) is 11.4 Å². The second kappa shape index (κ2) is 21.5. The number of hydrogen-bond acceptors (Lipinski definition) is 8. The van der Waals surface area contributed by atoms with Crippen molar-refractivity contribution in [2.75, 3.05) is 19.5 Å². The number of aromatic amines is 1. The molecule has 316 valence electrons. The SMILES string of the molecule is C=CCBr.C=CCn1c(-c2nccnc2C=C)c(C2CCCCC2)c2ccc(C(=O)OC)cc21.C=Cc1nccnc1-c1[nH]c2cc(C(=O)OC)ccc2c1C1CCCCC1. The van der Waals surface area contributed by atoms with Crippen LogP contribution >= 0.6 is 15.9 Å². The van der Waals surface area contributed by atoms with Gasteiger partial charge >= 0.3 is 11.9 Å². The molecule has 0 radical (unpaired) electrons. The summed E-state index contributed by atoms with van der Waals surface area (Å²) >= 11 is 3.13. The van der Waals surface area contributed by atoms with E-state index >= 15 is 0 Å². The molecule has 4 heterocycles. The summed E-state index contributed by atoms with van der Waals surface area (Å²) in [5.74, 6) is 0.256. The fourth-order valence-electron chi connectivity index (χ4n) is 8.84. The second-order valence-corrected chi connectivity index (χ2v) is 15.8. The van der Waals surface area contributed by atoms with Crippen LogP contribution in [0, 0.1) is 0 Å². The number of alkyl halides is 1. The molecule has 0 saturated heterocycles. The lowest BCUT2D eigenvalue weighted by atomic mass is 9.82. The van der Waals surface area contributed by atoms with Crippen LogP contribution in [-0.4, -0.2) is 61.0 Å². The Bertz CT molecular complexity index is 2520. The molecule has 8 rings (SSSR count). The molecule has 2 aliphatic rings. The van der Waals surface area contributed by atoms with Crippen LogP contribution in [0.25, 0.3) is 56.7 Å². The molecule has 0 amide bonds.